The third-order valence-corrected chi connectivity index (χ3v) is 8.24. The molecule has 0 radical (unpaired) electrons. The number of rotatable bonds is 11. The van der Waals surface area contributed by atoms with Gasteiger partial charge in [-0.25, -0.2) is 8.42 Å². The molecule has 1 fully saturated rings. The van der Waals surface area contributed by atoms with Crippen molar-refractivity contribution in [1.82, 2.24) is 9.62 Å². The summed E-state index contributed by atoms with van der Waals surface area (Å²) < 4.78 is 29.6. The Kier molecular flexibility index (Phi) is 9.10. The highest BCUT2D eigenvalue weighted by Gasteiger charge is 2.35. The summed E-state index contributed by atoms with van der Waals surface area (Å²) in [6.45, 7) is 4.69. The maximum Gasteiger partial charge on any atom is 0.241 e. The normalized spacial score (nSPS) is 17.1. The van der Waals surface area contributed by atoms with Crippen molar-refractivity contribution in [3.8, 4) is 0 Å². The average molecular weight is 516 g/mol. The number of nitrogens with two attached hydrogens (primary N) is 2. The van der Waals surface area contributed by atoms with Gasteiger partial charge in [0.25, 0.3) is 0 Å². The molecule has 3 rings (SSSR count). The first-order valence-corrected chi connectivity index (χ1v) is 13.7. The second kappa shape index (κ2) is 11.9. The molecule has 1 aliphatic heterocycles. The second-order valence-electron chi connectivity index (χ2n) is 9.65. The molecule has 0 aliphatic carbocycles. The molecule has 0 bridgehead atoms. The lowest BCUT2D eigenvalue weighted by Crippen LogP contribution is -2.50. The van der Waals surface area contributed by atoms with Crippen molar-refractivity contribution in [3.05, 3.63) is 65.7 Å². The maximum absolute atomic E-state index is 13.5. The molecule has 9 nitrogen and oxygen atoms in total. The standard InChI is InChI=1S/C26H37N5O4S/c1-26(2,19-9-4-3-5-10-19)20-11-6-13-22(17-20)36(34,35)30-23(14-7-15-29-25(27)28)24(33)31-16-8-12-21(31)18-32/h3-6,9-11,13,17,21,23,30,32H,7-8,12,14-16,18H2,1-2H3,(H4,27,28,29)/t21-,23+/m1/s1. The van der Waals surface area contributed by atoms with E-state index in [1.807, 2.05) is 50.2 Å². The van der Waals surface area contributed by atoms with E-state index in [0.717, 1.165) is 17.5 Å². The lowest BCUT2D eigenvalue weighted by molar-refractivity contribution is -0.134. The predicted octanol–water partition coefficient (Wildman–Crippen LogP) is 1.70. The molecule has 6 N–H and O–H groups in total. The number of nitrogens with zero attached hydrogens (tertiary/aromatic N) is 2. The number of carbonyl (C=O) groups is 1. The van der Waals surface area contributed by atoms with Crippen LogP contribution in [-0.4, -0.2) is 62.1 Å². The number of hydrogen-bond acceptors (Lipinski definition) is 5. The zero-order valence-electron chi connectivity index (χ0n) is 20.9. The fourth-order valence-electron chi connectivity index (χ4n) is 4.58. The van der Waals surface area contributed by atoms with Crippen LogP contribution >= 0.6 is 0 Å². The van der Waals surface area contributed by atoms with Gasteiger partial charge in [0.05, 0.1) is 17.5 Å². The summed E-state index contributed by atoms with van der Waals surface area (Å²) in [5.74, 6) is -0.406. The summed E-state index contributed by atoms with van der Waals surface area (Å²) >= 11 is 0. The lowest BCUT2D eigenvalue weighted by atomic mass is 9.78. The number of aliphatic imine (C=N–C) groups is 1. The molecular weight excluding hydrogens is 478 g/mol. The Morgan fingerprint density at radius 3 is 2.53 bits per heavy atom. The summed E-state index contributed by atoms with van der Waals surface area (Å²) in [5.41, 5.74) is 12.2. The minimum Gasteiger partial charge on any atom is -0.394 e. The molecule has 0 unspecified atom stereocenters. The molecule has 2 aromatic rings. The van der Waals surface area contributed by atoms with Gasteiger partial charge in [-0.3, -0.25) is 9.79 Å². The Bertz CT molecular complexity index is 1160. The first kappa shape index (κ1) is 27.6. The van der Waals surface area contributed by atoms with E-state index in [2.05, 4.69) is 9.71 Å². The molecule has 10 heteroatoms. The monoisotopic (exact) mass is 515 g/mol. The summed E-state index contributed by atoms with van der Waals surface area (Å²) in [6, 6.07) is 15.4. The zero-order valence-corrected chi connectivity index (χ0v) is 21.7. The molecule has 1 aliphatic rings. The highest BCUT2D eigenvalue weighted by molar-refractivity contribution is 7.89. The second-order valence-corrected chi connectivity index (χ2v) is 11.4. The van der Waals surface area contributed by atoms with Crippen LogP contribution in [0.1, 0.15) is 50.7 Å². The molecule has 0 saturated carbocycles. The Balaban J connectivity index is 1.86. The van der Waals surface area contributed by atoms with Gasteiger partial charge in [-0.15, -0.1) is 0 Å². The Morgan fingerprint density at radius 1 is 1.17 bits per heavy atom. The van der Waals surface area contributed by atoms with Crippen molar-refractivity contribution in [2.45, 2.75) is 61.9 Å². The topological polar surface area (TPSA) is 151 Å². The van der Waals surface area contributed by atoms with Gasteiger partial charge in [-0.1, -0.05) is 56.3 Å². The molecule has 1 heterocycles. The van der Waals surface area contributed by atoms with E-state index in [-0.39, 0.29) is 42.4 Å². The number of likely N-dealkylation sites (tertiary alicyclic amines) is 1. The summed E-state index contributed by atoms with van der Waals surface area (Å²) in [5, 5.41) is 9.68. The maximum atomic E-state index is 13.5. The van der Waals surface area contributed by atoms with Crippen molar-refractivity contribution < 1.29 is 18.3 Å². The zero-order chi connectivity index (χ0) is 26.3. The fourth-order valence-corrected chi connectivity index (χ4v) is 5.85. The van der Waals surface area contributed by atoms with Crippen LogP contribution < -0.4 is 16.2 Å². The fraction of sp³-hybridized carbons (Fsp3) is 0.462. The van der Waals surface area contributed by atoms with Gasteiger partial charge in [-0.05, 0) is 48.9 Å². The molecular formula is C26H37N5O4S. The van der Waals surface area contributed by atoms with E-state index in [4.69, 9.17) is 11.5 Å². The lowest BCUT2D eigenvalue weighted by Gasteiger charge is -2.29. The third kappa shape index (κ3) is 6.63. The first-order valence-electron chi connectivity index (χ1n) is 12.2. The van der Waals surface area contributed by atoms with Crippen LogP contribution in [0.4, 0.5) is 0 Å². The number of guanidine groups is 1. The van der Waals surface area contributed by atoms with E-state index in [1.54, 1.807) is 17.0 Å². The van der Waals surface area contributed by atoms with Crippen LogP contribution in [0, 0.1) is 0 Å². The van der Waals surface area contributed by atoms with Gasteiger partial charge in [0, 0.05) is 18.5 Å². The number of aliphatic hydroxyl groups excluding tert-OH is 1. The minimum absolute atomic E-state index is 0.0591. The number of benzene rings is 2. The van der Waals surface area contributed by atoms with Gasteiger partial charge < -0.3 is 21.5 Å². The number of sulfonamides is 1. The van der Waals surface area contributed by atoms with Crippen LogP contribution in [0.25, 0.3) is 0 Å². The highest BCUT2D eigenvalue weighted by Crippen LogP contribution is 2.32. The molecule has 1 amide bonds. The van der Waals surface area contributed by atoms with Crippen molar-refractivity contribution in [2.24, 2.45) is 16.5 Å². The Labute approximate surface area is 213 Å². The number of amides is 1. The van der Waals surface area contributed by atoms with Gasteiger partial charge in [0.2, 0.25) is 15.9 Å². The smallest absolute Gasteiger partial charge is 0.241 e. The molecule has 2 atom stereocenters. The minimum atomic E-state index is -4.02. The summed E-state index contributed by atoms with van der Waals surface area (Å²) in [4.78, 5) is 19.0. The Hall–Kier alpha value is -2.95. The predicted molar refractivity (Wildman–Crippen MR) is 141 cm³/mol. The van der Waals surface area contributed by atoms with Crippen LogP contribution in [0.15, 0.2) is 64.5 Å². The quantitative estimate of drug-likeness (QED) is 0.203. The molecule has 0 spiro atoms. The summed E-state index contributed by atoms with van der Waals surface area (Å²) in [7, 11) is -4.02. The molecule has 0 aromatic heterocycles. The van der Waals surface area contributed by atoms with Crippen LogP contribution in [0.5, 0.6) is 0 Å². The van der Waals surface area contributed by atoms with Gasteiger partial charge in [0.15, 0.2) is 5.96 Å². The number of hydrogen-bond donors (Lipinski definition) is 4. The summed E-state index contributed by atoms with van der Waals surface area (Å²) in [6.07, 6.45) is 2.08. The van der Waals surface area contributed by atoms with E-state index in [9.17, 15) is 18.3 Å². The average Bonchev–Trinajstić information content (AvgIpc) is 3.35. The van der Waals surface area contributed by atoms with E-state index in [1.165, 1.54) is 6.07 Å². The van der Waals surface area contributed by atoms with E-state index < -0.39 is 21.5 Å². The Morgan fingerprint density at radius 2 is 1.86 bits per heavy atom. The van der Waals surface area contributed by atoms with Crippen molar-refractivity contribution >= 4 is 21.9 Å². The van der Waals surface area contributed by atoms with Gasteiger partial charge in [-0.2, -0.15) is 4.72 Å². The largest absolute Gasteiger partial charge is 0.394 e. The van der Waals surface area contributed by atoms with E-state index in [0.29, 0.717) is 19.4 Å². The van der Waals surface area contributed by atoms with Crippen molar-refractivity contribution in [3.63, 3.8) is 0 Å². The van der Waals surface area contributed by atoms with Crippen LogP contribution in [0.2, 0.25) is 0 Å². The molecule has 196 valence electrons. The molecule has 1 saturated heterocycles. The van der Waals surface area contributed by atoms with Gasteiger partial charge >= 0.3 is 0 Å². The highest BCUT2D eigenvalue weighted by atomic mass is 32.2. The third-order valence-electron chi connectivity index (χ3n) is 6.77. The number of carbonyl (C=O) groups excluding carboxylic acids is 1. The van der Waals surface area contributed by atoms with Crippen molar-refractivity contribution in [2.75, 3.05) is 19.7 Å². The van der Waals surface area contributed by atoms with Crippen LogP contribution in [-0.2, 0) is 20.2 Å². The van der Waals surface area contributed by atoms with E-state index >= 15 is 0 Å². The molecule has 36 heavy (non-hydrogen) atoms. The van der Waals surface area contributed by atoms with Crippen LogP contribution in [0.3, 0.4) is 0 Å². The number of nitrogens with one attached hydrogen (secondary N) is 1. The molecule has 2 aromatic carbocycles. The van der Waals surface area contributed by atoms with Gasteiger partial charge in [0.1, 0.15) is 6.04 Å². The van der Waals surface area contributed by atoms with Crippen molar-refractivity contribution in [1.29, 1.82) is 0 Å². The SMILES string of the molecule is CC(C)(c1ccccc1)c1cccc(S(=O)(=O)N[C@@H](CCCN=C(N)N)C(=O)N2CCC[C@@H]2CO)c1. The first-order chi connectivity index (χ1) is 17.1. The number of aliphatic hydroxyl groups is 1.